The van der Waals surface area contributed by atoms with E-state index in [2.05, 4.69) is 20.3 Å². The molecule has 6 nitrogen and oxygen atoms in total. The predicted octanol–water partition coefficient (Wildman–Crippen LogP) is 1.59. The summed E-state index contributed by atoms with van der Waals surface area (Å²) in [5, 5.41) is 14.1. The molecule has 18 heavy (non-hydrogen) atoms. The topological polar surface area (TPSA) is 88.0 Å². The Hall–Kier alpha value is -2.02. The van der Waals surface area contributed by atoms with Crippen molar-refractivity contribution in [2.24, 2.45) is 0 Å². The monoisotopic (exact) mass is 264 g/mol. The zero-order chi connectivity index (χ0) is 13.0. The first-order chi connectivity index (χ1) is 8.65. The Morgan fingerprint density at radius 2 is 2.33 bits per heavy atom. The lowest BCUT2D eigenvalue weighted by Crippen LogP contribution is -2.08. The van der Waals surface area contributed by atoms with E-state index < -0.39 is 5.97 Å². The molecule has 0 aliphatic rings. The Bertz CT molecular complexity index is 555. The van der Waals surface area contributed by atoms with E-state index in [0.717, 1.165) is 10.7 Å². The van der Waals surface area contributed by atoms with Crippen molar-refractivity contribution in [3.05, 3.63) is 34.0 Å². The molecule has 94 valence electrons. The van der Waals surface area contributed by atoms with Gasteiger partial charge in [0.25, 0.3) is 0 Å². The van der Waals surface area contributed by atoms with Gasteiger partial charge in [-0.25, -0.2) is 19.7 Å². The van der Waals surface area contributed by atoms with E-state index in [1.807, 2.05) is 13.0 Å². The average Bonchev–Trinajstić information content (AvgIpc) is 2.78. The van der Waals surface area contributed by atoms with Gasteiger partial charge in [0.05, 0.1) is 5.01 Å². The summed E-state index contributed by atoms with van der Waals surface area (Å²) in [4.78, 5) is 22.9. The number of aryl methyl sites for hydroxylation is 1. The van der Waals surface area contributed by atoms with Crippen molar-refractivity contribution in [2.75, 3.05) is 11.9 Å². The van der Waals surface area contributed by atoms with Gasteiger partial charge in [-0.05, 0) is 13.0 Å². The third-order valence-corrected chi connectivity index (χ3v) is 3.10. The van der Waals surface area contributed by atoms with Crippen molar-refractivity contribution >= 4 is 23.3 Å². The molecule has 2 rings (SSSR count). The second kappa shape index (κ2) is 5.54. The van der Waals surface area contributed by atoms with E-state index in [1.165, 1.54) is 11.3 Å². The molecule has 2 N–H and O–H groups in total. The molecule has 0 aliphatic heterocycles. The van der Waals surface area contributed by atoms with Gasteiger partial charge in [-0.15, -0.1) is 11.3 Å². The van der Waals surface area contributed by atoms with Crippen molar-refractivity contribution < 1.29 is 9.90 Å². The fourth-order valence-corrected chi connectivity index (χ4v) is 2.11. The summed E-state index contributed by atoms with van der Waals surface area (Å²) in [5.41, 5.74) is 0.997. The summed E-state index contributed by atoms with van der Waals surface area (Å²) in [6, 6.07) is 1.82. The molecule has 0 aliphatic carbocycles. The van der Waals surface area contributed by atoms with E-state index in [9.17, 15) is 4.79 Å². The number of thiazole rings is 1. The Balaban J connectivity index is 1.86. The number of aromatic carboxylic acids is 1. The van der Waals surface area contributed by atoms with Gasteiger partial charge < -0.3 is 10.4 Å². The number of anilines is 1. The molecule has 0 saturated carbocycles. The molecule has 0 amide bonds. The second-order valence-electron chi connectivity index (χ2n) is 3.63. The van der Waals surface area contributed by atoms with Crippen LogP contribution in [0.15, 0.2) is 17.6 Å². The van der Waals surface area contributed by atoms with Crippen LogP contribution in [0.2, 0.25) is 0 Å². The first kappa shape index (κ1) is 12.4. The highest BCUT2D eigenvalue weighted by Gasteiger charge is 2.08. The van der Waals surface area contributed by atoms with Gasteiger partial charge in [0, 0.05) is 30.2 Å². The molecule has 0 bridgehead atoms. The van der Waals surface area contributed by atoms with Crippen LogP contribution >= 0.6 is 11.3 Å². The molecule has 0 unspecified atom stereocenters. The largest absolute Gasteiger partial charge is 0.476 e. The average molecular weight is 264 g/mol. The van der Waals surface area contributed by atoms with Gasteiger partial charge in [0.1, 0.15) is 0 Å². The molecular formula is C11H12N4O2S. The molecular weight excluding hydrogens is 252 g/mol. The zero-order valence-electron chi connectivity index (χ0n) is 9.75. The number of carboxylic acid groups (broad SMARTS) is 1. The summed E-state index contributed by atoms with van der Waals surface area (Å²) in [5.74, 6) is -0.419. The smallest absolute Gasteiger partial charge is 0.355 e. The number of hydrogen-bond donors (Lipinski definition) is 2. The van der Waals surface area contributed by atoms with Crippen molar-refractivity contribution in [2.45, 2.75) is 13.3 Å². The molecule has 0 aromatic carbocycles. The van der Waals surface area contributed by atoms with E-state index in [4.69, 9.17) is 5.11 Å². The number of carboxylic acids is 1. The number of nitrogens with zero attached hydrogens (tertiary/aromatic N) is 3. The van der Waals surface area contributed by atoms with Crippen LogP contribution in [0.25, 0.3) is 0 Å². The molecule has 2 heterocycles. The van der Waals surface area contributed by atoms with Crippen molar-refractivity contribution in [1.82, 2.24) is 15.0 Å². The first-order valence-corrected chi connectivity index (χ1v) is 6.24. The molecule has 0 atom stereocenters. The maximum absolute atomic E-state index is 10.7. The fourth-order valence-electron chi connectivity index (χ4n) is 1.34. The third-order valence-electron chi connectivity index (χ3n) is 2.19. The van der Waals surface area contributed by atoms with Crippen LogP contribution < -0.4 is 5.32 Å². The Kier molecular flexibility index (Phi) is 3.83. The van der Waals surface area contributed by atoms with Crippen LogP contribution in [-0.4, -0.2) is 32.6 Å². The molecule has 0 spiro atoms. The zero-order valence-corrected chi connectivity index (χ0v) is 10.6. The molecule has 0 saturated heterocycles. The summed E-state index contributed by atoms with van der Waals surface area (Å²) in [6.45, 7) is 2.52. The summed E-state index contributed by atoms with van der Waals surface area (Å²) in [6.07, 6.45) is 2.34. The number of rotatable bonds is 5. The van der Waals surface area contributed by atoms with Crippen molar-refractivity contribution in [3.63, 3.8) is 0 Å². The number of aromatic nitrogens is 3. The lowest BCUT2D eigenvalue weighted by Gasteiger charge is -2.03. The van der Waals surface area contributed by atoms with Crippen molar-refractivity contribution in [1.29, 1.82) is 0 Å². The maximum Gasteiger partial charge on any atom is 0.355 e. The van der Waals surface area contributed by atoms with Gasteiger partial charge in [-0.3, -0.25) is 0 Å². The normalized spacial score (nSPS) is 10.3. The Morgan fingerprint density at radius 3 is 3.00 bits per heavy atom. The molecule has 2 aromatic rings. The quantitative estimate of drug-likeness (QED) is 0.852. The first-order valence-electron chi connectivity index (χ1n) is 5.36. The van der Waals surface area contributed by atoms with Gasteiger partial charge >= 0.3 is 5.97 Å². The van der Waals surface area contributed by atoms with E-state index in [1.54, 1.807) is 11.6 Å². The van der Waals surface area contributed by atoms with E-state index in [-0.39, 0.29) is 5.69 Å². The minimum absolute atomic E-state index is 0.0989. The number of nitrogens with one attached hydrogen (secondary N) is 1. The highest BCUT2D eigenvalue weighted by atomic mass is 32.1. The highest BCUT2D eigenvalue weighted by molar-refractivity contribution is 7.09. The Labute approximate surface area is 108 Å². The van der Waals surface area contributed by atoms with Crippen LogP contribution in [0.1, 0.15) is 21.2 Å². The molecule has 0 fully saturated rings. The lowest BCUT2D eigenvalue weighted by atomic mass is 10.4. The Morgan fingerprint density at radius 1 is 1.50 bits per heavy atom. The van der Waals surface area contributed by atoms with Crippen LogP contribution in [0.3, 0.4) is 0 Å². The predicted molar refractivity (Wildman–Crippen MR) is 68.0 cm³/mol. The SMILES string of the molecule is Cc1ccnc(NCCc2nc(C(=O)O)cs2)n1. The highest BCUT2D eigenvalue weighted by Crippen LogP contribution is 2.10. The van der Waals surface area contributed by atoms with E-state index >= 15 is 0 Å². The minimum atomic E-state index is -0.993. The van der Waals surface area contributed by atoms with Crippen LogP contribution in [0.4, 0.5) is 5.95 Å². The van der Waals surface area contributed by atoms with Crippen LogP contribution in [-0.2, 0) is 6.42 Å². The van der Waals surface area contributed by atoms with E-state index in [0.29, 0.717) is 18.9 Å². The fraction of sp³-hybridized carbons (Fsp3) is 0.273. The molecule has 2 aromatic heterocycles. The van der Waals surface area contributed by atoms with Gasteiger partial charge in [0.15, 0.2) is 5.69 Å². The van der Waals surface area contributed by atoms with Gasteiger partial charge in [-0.2, -0.15) is 0 Å². The van der Waals surface area contributed by atoms with Gasteiger partial charge in [-0.1, -0.05) is 0 Å². The molecule has 7 heteroatoms. The van der Waals surface area contributed by atoms with Crippen LogP contribution in [0, 0.1) is 6.92 Å². The minimum Gasteiger partial charge on any atom is -0.476 e. The molecule has 0 radical (unpaired) electrons. The van der Waals surface area contributed by atoms with Crippen molar-refractivity contribution in [3.8, 4) is 0 Å². The summed E-state index contributed by atoms with van der Waals surface area (Å²) in [7, 11) is 0. The summed E-state index contributed by atoms with van der Waals surface area (Å²) >= 11 is 1.34. The maximum atomic E-state index is 10.7. The summed E-state index contributed by atoms with van der Waals surface area (Å²) < 4.78 is 0. The van der Waals surface area contributed by atoms with Gasteiger partial charge in [0.2, 0.25) is 5.95 Å². The second-order valence-corrected chi connectivity index (χ2v) is 4.57. The number of carbonyl (C=O) groups is 1. The van der Waals surface area contributed by atoms with Crippen LogP contribution in [0.5, 0.6) is 0 Å². The lowest BCUT2D eigenvalue weighted by molar-refractivity contribution is 0.0691. The third kappa shape index (κ3) is 3.24. The standard InChI is InChI=1S/C11H12N4O2S/c1-7-2-4-12-11(14-7)13-5-3-9-15-8(6-18-9)10(16)17/h2,4,6H,3,5H2,1H3,(H,16,17)(H,12,13,14). The number of hydrogen-bond acceptors (Lipinski definition) is 6.